The van der Waals surface area contributed by atoms with Gasteiger partial charge in [0.1, 0.15) is 0 Å². The highest BCUT2D eigenvalue weighted by molar-refractivity contribution is 7.80. The number of thiol groups is 1. The molecule has 0 heterocycles. The van der Waals surface area contributed by atoms with E-state index >= 15 is 0 Å². The third-order valence-electron chi connectivity index (χ3n) is 1.48. The lowest BCUT2D eigenvalue weighted by Gasteiger charge is -2.07. The number of nitrogens with one attached hydrogen (secondary N) is 1. The van der Waals surface area contributed by atoms with E-state index in [4.69, 9.17) is 0 Å². The van der Waals surface area contributed by atoms with E-state index < -0.39 is 0 Å². The van der Waals surface area contributed by atoms with Gasteiger partial charge in [0.05, 0.1) is 0 Å². The van der Waals surface area contributed by atoms with E-state index in [1.807, 2.05) is 0 Å². The van der Waals surface area contributed by atoms with Crippen molar-refractivity contribution in [2.75, 3.05) is 18.8 Å². The SMILES string of the molecule is CCC(C)CNCCS. The molecule has 0 aromatic carbocycles. The third kappa shape index (κ3) is 6.19. The van der Waals surface area contributed by atoms with Gasteiger partial charge in [0.25, 0.3) is 0 Å². The Morgan fingerprint density at radius 3 is 2.67 bits per heavy atom. The fraction of sp³-hybridized carbons (Fsp3) is 1.00. The summed E-state index contributed by atoms with van der Waals surface area (Å²) in [5.74, 6) is 1.75. The van der Waals surface area contributed by atoms with Crippen molar-refractivity contribution in [2.24, 2.45) is 5.92 Å². The van der Waals surface area contributed by atoms with Crippen LogP contribution in [0.25, 0.3) is 0 Å². The molecule has 0 aliphatic heterocycles. The summed E-state index contributed by atoms with van der Waals surface area (Å²) >= 11 is 4.09. The van der Waals surface area contributed by atoms with E-state index in [1.165, 1.54) is 6.42 Å². The molecule has 0 saturated heterocycles. The van der Waals surface area contributed by atoms with Crippen molar-refractivity contribution in [1.82, 2.24) is 5.32 Å². The van der Waals surface area contributed by atoms with Gasteiger partial charge in [0.15, 0.2) is 0 Å². The van der Waals surface area contributed by atoms with Crippen molar-refractivity contribution >= 4 is 12.6 Å². The summed E-state index contributed by atoms with van der Waals surface area (Å²) in [6, 6.07) is 0. The quantitative estimate of drug-likeness (QED) is 0.444. The lowest BCUT2D eigenvalue weighted by molar-refractivity contribution is 0.511. The van der Waals surface area contributed by atoms with Crippen LogP contribution in [-0.4, -0.2) is 18.8 Å². The summed E-state index contributed by atoms with van der Waals surface area (Å²) in [7, 11) is 0. The molecule has 0 bridgehead atoms. The topological polar surface area (TPSA) is 12.0 Å². The molecule has 2 heteroatoms. The van der Waals surface area contributed by atoms with Gasteiger partial charge >= 0.3 is 0 Å². The van der Waals surface area contributed by atoms with E-state index in [-0.39, 0.29) is 0 Å². The van der Waals surface area contributed by atoms with Crippen LogP contribution in [0.2, 0.25) is 0 Å². The minimum Gasteiger partial charge on any atom is -0.316 e. The molecule has 0 radical (unpaired) electrons. The fourth-order valence-electron chi connectivity index (χ4n) is 0.572. The Bertz CT molecular complexity index is 56.9. The first kappa shape index (κ1) is 9.31. The summed E-state index contributed by atoms with van der Waals surface area (Å²) in [6.45, 7) is 6.64. The van der Waals surface area contributed by atoms with Crippen molar-refractivity contribution in [3.05, 3.63) is 0 Å². The average Bonchev–Trinajstić information content (AvgIpc) is 1.89. The molecule has 1 N–H and O–H groups in total. The Hall–Kier alpha value is 0.310. The summed E-state index contributed by atoms with van der Waals surface area (Å²) in [5, 5.41) is 3.31. The summed E-state index contributed by atoms with van der Waals surface area (Å²) < 4.78 is 0. The van der Waals surface area contributed by atoms with Crippen LogP contribution in [0.1, 0.15) is 20.3 Å². The molecule has 0 aliphatic carbocycles. The smallest absolute Gasteiger partial charge is 0.00398 e. The normalized spacial score (nSPS) is 13.7. The van der Waals surface area contributed by atoms with Crippen LogP contribution < -0.4 is 5.32 Å². The van der Waals surface area contributed by atoms with Crippen molar-refractivity contribution in [2.45, 2.75) is 20.3 Å². The summed E-state index contributed by atoms with van der Waals surface area (Å²) in [6.07, 6.45) is 1.26. The Kier molecular flexibility index (Phi) is 6.65. The molecule has 0 saturated carbocycles. The van der Waals surface area contributed by atoms with E-state index in [1.54, 1.807) is 0 Å². The van der Waals surface area contributed by atoms with Gasteiger partial charge in [-0.3, -0.25) is 0 Å². The Labute approximate surface area is 63.6 Å². The van der Waals surface area contributed by atoms with Crippen LogP contribution >= 0.6 is 12.6 Å². The van der Waals surface area contributed by atoms with Crippen LogP contribution in [0, 0.1) is 5.92 Å². The minimum atomic E-state index is 0.810. The number of rotatable bonds is 5. The van der Waals surface area contributed by atoms with Gasteiger partial charge in [0.2, 0.25) is 0 Å². The molecule has 56 valence electrons. The molecule has 0 amide bonds. The largest absolute Gasteiger partial charge is 0.316 e. The van der Waals surface area contributed by atoms with Crippen molar-refractivity contribution < 1.29 is 0 Å². The molecule has 1 unspecified atom stereocenters. The Morgan fingerprint density at radius 2 is 2.22 bits per heavy atom. The lowest BCUT2D eigenvalue weighted by atomic mass is 10.1. The second-order valence-electron chi connectivity index (χ2n) is 2.44. The van der Waals surface area contributed by atoms with Gasteiger partial charge < -0.3 is 5.32 Å². The first-order valence-corrected chi connectivity index (χ1v) is 4.26. The predicted molar refractivity (Wildman–Crippen MR) is 46.2 cm³/mol. The molecule has 1 atom stereocenters. The zero-order chi connectivity index (χ0) is 7.11. The van der Waals surface area contributed by atoms with Crippen LogP contribution in [-0.2, 0) is 0 Å². The fourth-order valence-corrected chi connectivity index (χ4v) is 0.730. The molecular weight excluding hydrogens is 130 g/mol. The monoisotopic (exact) mass is 147 g/mol. The van der Waals surface area contributed by atoms with Gasteiger partial charge in [-0.25, -0.2) is 0 Å². The van der Waals surface area contributed by atoms with E-state index in [9.17, 15) is 0 Å². The molecule has 0 aromatic rings. The molecule has 0 aromatic heterocycles. The molecule has 9 heavy (non-hydrogen) atoms. The van der Waals surface area contributed by atoms with Crippen LogP contribution in [0.5, 0.6) is 0 Å². The summed E-state index contributed by atoms with van der Waals surface area (Å²) in [5.41, 5.74) is 0. The maximum absolute atomic E-state index is 4.09. The van der Waals surface area contributed by atoms with Crippen LogP contribution in [0.4, 0.5) is 0 Å². The van der Waals surface area contributed by atoms with Gasteiger partial charge in [-0.15, -0.1) is 0 Å². The van der Waals surface area contributed by atoms with Gasteiger partial charge in [-0.1, -0.05) is 20.3 Å². The van der Waals surface area contributed by atoms with Crippen LogP contribution in [0.3, 0.4) is 0 Å². The standard InChI is InChI=1S/C7H17NS/c1-3-7(2)6-8-4-5-9/h7-9H,3-6H2,1-2H3. The average molecular weight is 147 g/mol. The zero-order valence-corrected chi connectivity index (χ0v) is 7.25. The highest BCUT2D eigenvalue weighted by Gasteiger charge is 1.94. The Balaban J connectivity index is 2.88. The maximum atomic E-state index is 4.09. The molecule has 0 spiro atoms. The predicted octanol–water partition coefficient (Wildman–Crippen LogP) is 1.55. The molecule has 0 fully saturated rings. The number of hydrogen-bond acceptors (Lipinski definition) is 2. The molecule has 1 nitrogen and oxygen atoms in total. The second-order valence-corrected chi connectivity index (χ2v) is 2.89. The second kappa shape index (κ2) is 6.43. The Morgan fingerprint density at radius 1 is 1.56 bits per heavy atom. The molecule has 0 rings (SSSR count). The first-order chi connectivity index (χ1) is 4.31. The van der Waals surface area contributed by atoms with Crippen molar-refractivity contribution in [1.29, 1.82) is 0 Å². The van der Waals surface area contributed by atoms with Crippen LogP contribution in [0.15, 0.2) is 0 Å². The van der Waals surface area contributed by atoms with Crippen molar-refractivity contribution in [3.63, 3.8) is 0 Å². The van der Waals surface area contributed by atoms with Gasteiger partial charge in [0, 0.05) is 12.3 Å². The molecule has 0 aliphatic rings. The highest BCUT2D eigenvalue weighted by Crippen LogP contribution is 1.96. The van der Waals surface area contributed by atoms with Crippen molar-refractivity contribution in [3.8, 4) is 0 Å². The van der Waals surface area contributed by atoms with Gasteiger partial charge in [-0.2, -0.15) is 12.6 Å². The maximum Gasteiger partial charge on any atom is 0.00398 e. The highest BCUT2D eigenvalue weighted by atomic mass is 32.1. The molecular formula is C7H17NS. The first-order valence-electron chi connectivity index (χ1n) is 3.62. The van der Waals surface area contributed by atoms with E-state index in [2.05, 4.69) is 31.8 Å². The van der Waals surface area contributed by atoms with E-state index in [0.29, 0.717) is 0 Å². The summed E-state index contributed by atoms with van der Waals surface area (Å²) in [4.78, 5) is 0. The minimum absolute atomic E-state index is 0.810. The van der Waals surface area contributed by atoms with E-state index in [0.717, 1.165) is 24.8 Å². The zero-order valence-electron chi connectivity index (χ0n) is 6.35. The number of hydrogen-bond donors (Lipinski definition) is 2. The van der Waals surface area contributed by atoms with Gasteiger partial charge in [-0.05, 0) is 12.5 Å². The third-order valence-corrected chi connectivity index (χ3v) is 1.70. The lowest BCUT2D eigenvalue weighted by Crippen LogP contribution is -2.22.